The topological polar surface area (TPSA) is 66.5 Å². The number of hydrogen-bond donors (Lipinski definition) is 1. The second-order valence-corrected chi connectivity index (χ2v) is 7.84. The molecule has 0 aliphatic carbocycles. The van der Waals surface area contributed by atoms with Crippen molar-refractivity contribution in [2.45, 2.75) is 19.8 Å². The molecule has 1 aliphatic heterocycles. The van der Waals surface area contributed by atoms with Crippen LogP contribution in [0.3, 0.4) is 0 Å². The number of piperidine rings is 1. The van der Waals surface area contributed by atoms with E-state index in [0.717, 1.165) is 12.8 Å². The summed E-state index contributed by atoms with van der Waals surface area (Å²) in [6.45, 7) is 3.40. The second kappa shape index (κ2) is 7.73. The van der Waals surface area contributed by atoms with Gasteiger partial charge in [0, 0.05) is 48.0 Å². The van der Waals surface area contributed by atoms with E-state index < -0.39 is 16.2 Å². The quantitative estimate of drug-likeness (QED) is 0.884. The van der Waals surface area contributed by atoms with Crippen molar-refractivity contribution in [3.8, 4) is 0 Å². The van der Waals surface area contributed by atoms with Crippen molar-refractivity contribution in [2.24, 2.45) is 5.41 Å². The summed E-state index contributed by atoms with van der Waals surface area (Å²) in [5.74, 6) is 0.363. The number of hydrogen-bond acceptors (Lipinski definition) is 3. The smallest absolute Gasteiger partial charge is 0.253 e. The predicted molar refractivity (Wildman–Crippen MR) is 91.6 cm³/mol. The highest BCUT2D eigenvalue weighted by molar-refractivity contribution is 7.84. The van der Waals surface area contributed by atoms with E-state index in [2.05, 4.69) is 5.32 Å². The second-order valence-electron chi connectivity index (χ2n) is 6.29. The van der Waals surface area contributed by atoms with E-state index in [1.165, 1.54) is 0 Å². The summed E-state index contributed by atoms with van der Waals surface area (Å²) >= 11 is 0. The molecule has 0 spiro atoms. The highest BCUT2D eigenvalue weighted by atomic mass is 32.2. The van der Waals surface area contributed by atoms with E-state index in [1.54, 1.807) is 23.3 Å². The van der Waals surface area contributed by atoms with Gasteiger partial charge in [-0.25, -0.2) is 0 Å². The highest BCUT2D eigenvalue weighted by Crippen LogP contribution is 2.30. The Labute approximate surface area is 139 Å². The first-order valence-electron chi connectivity index (χ1n) is 7.85. The molecule has 1 aromatic rings. The van der Waals surface area contributed by atoms with Crippen LogP contribution in [-0.4, -0.2) is 52.6 Å². The molecule has 1 fully saturated rings. The molecule has 6 heteroatoms. The number of rotatable bonds is 5. The first-order chi connectivity index (χ1) is 10.9. The zero-order valence-electron chi connectivity index (χ0n) is 13.7. The Morgan fingerprint density at radius 3 is 2.65 bits per heavy atom. The molecule has 23 heavy (non-hydrogen) atoms. The van der Waals surface area contributed by atoms with Gasteiger partial charge in [0.15, 0.2) is 0 Å². The first-order valence-corrected chi connectivity index (χ1v) is 9.58. The van der Waals surface area contributed by atoms with Gasteiger partial charge in [-0.1, -0.05) is 18.2 Å². The highest BCUT2D eigenvalue weighted by Gasteiger charge is 2.39. The third-order valence-corrected chi connectivity index (χ3v) is 5.01. The Kier molecular flexibility index (Phi) is 5.93. The Hall–Kier alpha value is -1.69. The van der Waals surface area contributed by atoms with Crippen molar-refractivity contribution in [1.82, 2.24) is 10.2 Å². The molecule has 1 N–H and O–H groups in total. The number of benzene rings is 1. The number of likely N-dealkylation sites (tertiary alicyclic amines) is 1. The standard InChI is InChI=1S/C17H24N2O3S/c1-17(16(21)18-10-12-23(2)22)9-6-11-19(13-17)15(20)14-7-4-3-5-8-14/h3-5,7-8H,6,9-13H2,1-2H3,(H,18,21)/t17-,23-/m0/s1. The van der Waals surface area contributed by atoms with Gasteiger partial charge in [-0.3, -0.25) is 13.8 Å². The van der Waals surface area contributed by atoms with Crippen molar-refractivity contribution in [3.63, 3.8) is 0 Å². The predicted octanol–water partition coefficient (Wildman–Crippen LogP) is 1.42. The van der Waals surface area contributed by atoms with Gasteiger partial charge in [-0.2, -0.15) is 0 Å². The van der Waals surface area contributed by atoms with Crippen molar-refractivity contribution in [2.75, 3.05) is 31.6 Å². The molecule has 0 saturated carbocycles. The molecule has 1 saturated heterocycles. The van der Waals surface area contributed by atoms with Crippen LogP contribution in [0.25, 0.3) is 0 Å². The Balaban J connectivity index is 2.00. The fourth-order valence-corrected chi connectivity index (χ4v) is 3.27. The van der Waals surface area contributed by atoms with Crippen molar-refractivity contribution >= 4 is 22.6 Å². The summed E-state index contributed by atoms with van der Waals surface area (Å²) < 4.78 is 11.1. The minimum atomic E-state index is -0.919. The normalized spacial score (nSPS) is 22.4. The minimum absolute atomic E-state index is 0.0287. The van der Waals surface area contributed by atoms with Crippen LogP contribution >= 0.6 is 0 Å². The summed E-state index contributed by atoms with van der Waals surface area (Å²) in [5, 5.41) is 2.85. The molecule has 2 atom stereocenters. The zero-order valence-corrected chi connectivity index (χ0v) is 14.5. The summed E-state index contributed by atoms with van der Waals surface area (Å²) in [5.41, 5.74) is 0.0660. The Bertz CT molecular complexity index is 591. The fourth-order valence-electron chi connectivity index (χ4n) is 2.88. The number of carbonyl (C=O) groups excluding carboxylic acids is 2. The maximum atomic E-state index is 12.6. The molecule has 5 nitrogen and oxygen atoms in total. The SMILES string of the molecule is C[S@](=O)CCNC(=O)[C@@]1(C)CCCN(C(=O)c2ccccc2)C1. The minimum Gasteiger partial charge on any atom is -0.355 e. The van der Waals surface area contributed by atoms with Crippen molar-refractivity contribution < 1.29 is 13.8 Å². The maximum Gasteiger partial charge on any atom is 0.253 e. The number of amides is 2. The van der Waals surface area contributed by atoms with Crippen molar-refractivity contribution in [1.29, 1.82) is 0 Å². The fraction of sp³-hybridized carbons (Fsp3) is 0.529. The summed E-state index contributed by atoms with van der Waals surface area (Å²) in [7, 11) is -0.919. The Morgan fingerprint density at radius 1 is 1.30 bits per heavy atom. The van der Waals surface area contributed by atoms with E-state index in [1.807, 2.05) is 25.1 Å². The number of nitrogens with zero attached hydrogens (tertiary/aromatic N) is 1. The monoisotopic (exact) mass is 336 g/mol. The maximum absolute atomic E-state index is 12.6. The van der Waals surface area contributed by atoms with Crippen LogP contribution in [0, 0.1) is 5.41 Å². The molecule has 1 aliphatic rings. The molecule has 0 radical (unpaired) electrons. The molecule has 0 aromatic heterocycles. The van der Waals surface area contributed by atoms with Crippen LogP contribution in [0.1, 0.15) is 30.1 Å². The van der Waals surface area contributed by atoms with E-state index >= 15 is 0 Å². The van der Waals surface area contributed by atoms with E-state index in [9.17, 15) is 13.8 Å². The van der Waals surface area contributed by atoms with Gasteiger partial charge in [-0.15, -0.1) is 0 Å². The van der Waals surface area contributed by atoms with Gasteiger partial charge in [0.05, 0.1) is 5.41 Å². The van der Waals surface area contributed by atoms with Crippen LogP contribution in [0.15, 0.2) is 30.3 Å². The van der Waals surface area contributed by atoms with Gasteiger partial charge in [0.25, 0.3) is 5.91 Å². The van der Waals surface area contributed by atoms with Gasteiger partial charge >= 0.3 is 0 Å². The lowest BCUT2D eigenvalue weighted by Crippen LogP contribution is -2.52. The lowest BCUT2D eigenvalue weighted by Gasteiger charge is -2.39. The third kappa shape index (κ3) is 4.64. The number of nitrogens with one attached hydrogen (secondary N) is 1. The molecule has 2 rings (SSSR count). The van der Waals surface area contributed by atoms with Crippen LogP contribution in [0.2, 0.25) is 0 Å². The molecule has 0 bridgehead atoms. The molecule has 1 aromatic carbocycles. The van der Waals surface area contributed by atoms with Gasteiger partial charge in [0.2, 0.25) is 5.91 Å². The van der Waals surface area contributed by atoms with Gasteiger partial charge in [0.1, 0.15) is 0 Å². The van der Waals surface area contributed by atoms with E-state index in [0.29, 0.717) is 31.0 Å². The molecule has 126 valence electrons. The first kappa shape index (κ1) is 17.7. The van der Waals surface area contributed by atoms with Crippen LogP contribution in [-0.2, 0) is 15.6 Å². The average Bonchev–Trinajstić information content (AvgIpc) is 2.54. The van der Waals surface area contributed by atoms with E-state index in [4.69, 9.17) is 0 Å². The average molecular weight is 336 g/mol. The molecule has 0 unspecified atom stereocenters. The summed E-state index contributed by atoms with van der Waals surface area (Å²) in [4.78, 5) is 26.8. The van der Waals surface area contributed by atoms with Crippen molar-refractivity contribution in [3.05, 3.63) is 35.9 Å². The largest absolute Gasteiger partial charge is 0.355 e. The molecular formula is C17H24N2O3S. The van der Waals surface area contributed by atoms with E-state index in [-0.39, 0.29) is 11.8 Å². The van der Waals surface area contributed by atoms with Crippen LogP contribution in [0.5, 0.6) is 0 Å². The summed E-state index contributed by atoms with van der Waals surface area (Å²) in [6.07, 6.45) is 3.18. The molecular weight excluding hydrogens is 312 g/mol. The lowest BCUT2D eigenvalue weighted by atomic mass is 9.80. The summed E-state index contributed by atoms with van der Waals surface area (Å²) in [6, 6.07) is 9.15. The molecule has 2 amide bonds. The van der Waals surface area contributed by atoms with Gasteiger partial charge < -0.3 is 10.2 Å². The molecule has 1 heterocycles. The Morgan fingerprint density at radius 2 is 2.00 bits per heavy atom. The lowest BCUT2D eigenvalue weighted by molar-refractivity contribution is -0.132. The zero-order chi connectivity index (χ0) is 16.9. The number of carbonyl (C=O) groups is 2. The van der Waals surface area contributed by atoms with Crippen LogP contribution in [0.4, 0.5) is 0 Å². The van der Waals surface area contributed by atoms with Gasteiger partial charge in [-0.05, 0) is 31.9 Å². The third-order valence-electron chi connectivity index (χ3n) is 4.23. The van der Waals surface area contributed by atoms with Crippen LogP contribution < -0.4 is 5.32 Å².